The fraction of sp³-hybridized carbons (Fsp3) is 0.778. The monoisotopic (exact) mass is 201 g/mol. The Kier molecular flexibility index (Phi) is 3.88. The molecule has 0 aromatic heterocycles. The molecule has 1 saturated heterocycles. The van der Waals surface area contributed by atoms with Gasteiger partial charge in [0.25, 0.3) is 0 Å². The number of nitrogens with zero attached hydrogens (tertiary/aromatic N) is 1. The lowest BCUT2D eigenvalue weighted by atomic mass is 10.1. The fourth-order valence-corrected chi connectivity index (χ4v) is 1.50. The molecule has 5 heteroatoms. The molecule has 0 radical (unpaired) electrons. The van der Waals surface area contributed by atoms with Crippen LogP contribution in [0.1, 0.15) is 13.3 Å². The van der Waals surface area contributed by atoms with Crippen molar-refractivity contribution in [1.29, 1.82) is 0 Å². The van der Waals surface area contributed by atoms with Crippen LogP contribution in [-0.2, 0) is 19.1 Å². The maximum atomic E-state index is 11.3. The van der Waals surface area contributed by atoms with E-state index in [2.05, 4.69) is 4.74 Å². The maximum Gasteiger partial charge on any atom is 0.324 e. The zero-order valence-electron chi connectivity index (χ0n) is 8.49. The zero-order valence-corrected chi connectivity index (χ0v) is 8.49. The van der Waals surface area contributed by atoms with E-state index in [1.165, 1.54) is 7.11 Å². The number of carbonyl (C=O) groups is 2. The molecule has 80 valence electrons. The number of cyclic esters (lactones) is 1. The SMILES string of the molecule is CCN1CCOC(=O)C1CC(=O)OC. The Balaban J connectivity index is 2.59. The molecule has 14 heavy (non-hydrogen) atoms. The van der Waals surface area contributed by atoms with Crippen LogP contribution in [0.15, 0.2) is 0 Å². The van der Waals surface area contributed by atoms with Crippen LogP contribution in [0.5, 0.6) is 0 Å². The van der Waals surface area contributed by atoms with Gasteiger partial charge >= 0.3 is 11.9 Å². The second-order valence-electron chi connectivity index (χ2n) is 3.09. The lowest BCUT2D eigenvalue weighted by molar-refractivity contribution is -0.162. The number of hydrogen-bond donors (Lipinski definition) is 0. The summed E-state index contributed by atoms with van der Waals surface area (Å²) >= 11 is 0. The molecule has 0 bridgehead atoms. The minimum Gasteiger partial charge on any atom is -0.469 e. The summed E-state index contributed by atoms with van der Waals surface area (Å²) in [6, 6.07) is -0.471. The van der Waals surface area contributed by atoms with Gasteiger partial charge in [-0.15, -0.1) is 0 Å². The van der Waals surface area contributed by atoms with Crippen molar-refractivity contribution in [3.05, 3.63) is 0 Å². The first-order valence-corrected chi connectivity index (χ1v) is 4.66. The first-order valence-electron chi connectivity index (χ1n) is 4.66. The number of carbonyl (C=O) groups excluding carboxylic acids is 2. The minimum absolute atomic E-state index is 0.0726. The third-order valence-corrected chi connectivity index (χ3v) is 2.33. The van der Waals surface area contributed by atoms with Crippen molar-refractivity contribution in [3.8, 4) is 0 Å². The number of methoxy groups -OCH3 is 1. The molecule has 1 aliphatic heterocycles. The van der Waals surface area contributed by atoms with Crippen LogP contribution in [0.4, 0.5) is 0 Å². The van der Waals surface area contributed by atoms with Gasteiger partial charge in [0.2, 0.25) is 0 Å². The number of morpholine rings is 1. The Labute approximate surface area is 83.0 Å². The molecule has 0 aliphatic carbocycles. The van der Waals surface area contributed by atoms with Gasteiger partial charge < -0.3 is 9.47 Å². The van der Waals surface area contributed by atoms with E-state index in [0.29, 0.717) is 13.2 Å². The van der Waals surface area contributed by atoms with Crippen molar-refractivity contribution < 1.29 is 19.1 Å². The largest absolute Gasteiger partial charge is 0.469 e. The molecule has 0 N–H and O–H groups in total. The summed E-state index contributed by atoms with van der Waals surface area (Å²) in [5, 5.41) is 0. The van der Waals surface area contributed by atoms with Gasteiger partial charge in [-0.2, -0.15) is 0 Å². The first kappa shape index (κ1) is 11.0. The zero-order chi connectivity index (χ0) is 10.6. The van der Waals surface area contributed by atoms with Crippen molar-refractivity contribution in [2.75, 3.05) is 26.8 Å². The smallest absolute Gasteiger partial charge is 0.324 e. The van der Waals surface area contributed by atoms with E-state index in [-0.39, 0.29) is 18.4 Å². The third-order valence-electron chi connectivity index (χ3n) is 2.33. The molecule has 0 spiro atoms. The van der Waals surface area contributed by atoms with Crippen molar-refractivity contribution in [2.45, 2.75) is 19.4 Å². The molecule has 1 atom stereocenters. The lowest BCUT2D eigenvalue weighted by Gasteiger charge is -2.32. The van der Waals surface area contributed by atoms with Crippen LogP contribution < -0.4 is 0 Å². The second kappa shape index (κ2) is 4.95. The third kappa shape index (κ3) is 2.45. The first-order chi connectivity index (χ1) is 6.69. The standard InChI is InChI=1S/C9H15NO4/c1-3-10-4-5-14-9(12)7(10)6-8(11)13-2/h7H,3-6H2,1-2H3. The topological polar surface area (TPSA) is 55.8 Å². The highest BCUT2D eigenvalue weighted by molar-refractivity contribution is 5.83. The molecule has 1 rings (SSSR count). The molecule has 1 aliphatic rings. The van der Waals surface area contributed by atoms with Crippen molar-refractivity contribution in [3.63, 3.8) is 0 Å². The Morgan fingerprint density at radius 3 is 3.00 bits per heavy atom. The van der Waals surface area contributed by atoms with Gasteiger partial charge in [-0.25, -0.2) is 0 Å². The highest BCUT2D eigenvalue weighted by atomic mass is 16.5. The predicted molar refractivity (Wildman–Crippen MR) is 48.6 cm³/mol. The van der Waals surface area contributed by atoms with Crippen molar-refractivity contribution >= 4 is 11.9 Å². The Morgan fingerprint density at radius 2 is 2.43 bits per heavy atom. The molecular formula is C9H15NO4. The average Bonchev–Trinajstić information content (AvgIpc) is 2.20. The molecule has 1 fully saturated rings. The van der Waals surface area contributed by atoms with E-state index < -0.39 is 6.04 Å². The van der Waals surface area contributed by atoms with E-state index >= 15 is 0 Å². The second-order valence-corrected chi connectivity index (χ2v) is 3.09. The molecular weight excluding hydrogens is 186 g/mol. The van der Waals surface area contributed by atoms with E-state index in [1.54, 1.807) is 0 Å². The van der Waals surface area contributed by atoms with Gasteiger partial charge in [0, 0.05) is 6.54 Å². The summed E-state index contributed by atoms with van der Waals surface area (Å²) in [4.78, 5) is 24.3. The van der Waals surface area contributed by atoms with Gasteiger partial charge in [0.05, 0.1) is 13.5 Å². The average molecular weight is 201 g/mol. The van der Waals surface area contributed by atoms with Gasteiger partial charge in [-0.1, -0.05) is 6.92 Å². The number of esters is 2. The quantitative estimate of drug-likeness (QED) is 0.592. The van der Waals surface area contributed by atoms with E-state index in [9.17, 15) is 9.59 Å². The molecule has 5 nitrogen and oxygen atoms in total. The molecule has 1 heterocycles. The minimum atomic E-state index is -0.471. The van der Waals surface area contributed by atoms with Crippen LogP contribution >= 0.6 is 0 Å². The van der Waals surface area contributed by atoms with Gasteiger partial charge in [0.1, 0.15) is 12.6 Å². The number of hydrogen-bond acceptors (Lipinski definition) is 5. The van der Waals surface area contributed by atoms with Crippen LogP contribution in [0.25, 0.3) is 0 Å². The highest BCUT2D eigenvalue weighted by Crippen LogP contribution is 2.11. The summed E-state index contributed by atoms with van der Waals surface area (Å²) in [7, 11) is 1.31. The van der Waals surface area contributed by atoms with Crippen LogP contribution in [-0.4, -0.2) is 49.7 Å². The predicted octanol–water partition coefficient (Wildman–Crippen LogP) is -0.203. The summed E-state index contributed by atoms with van der Waals surface area (Å²) in [6.07, 6.45) is 0.0726. The summed E-state index contributed by atoms with van der Waals surface area (Å²) in [5.41, 5.74) is 0. The summed E-state index contributed by atoms with van der Waals surface area (Å²) in [5.74, 6) is -0.712. The van der Waals surface area contributed by atoms with Crippen molar-refractivity contribution in [2.24, 2.45) is 0 Å². The van der Waals surface area contributed by atoms with Crippen LogP contribution in [0.3, 0.4) is 0 Å². The van der Waals surface area contributed by atoms with Crippen LogP contribution in [0.2, 0.25) is 0 Å². The van der Waals surface area contributed by atoms with E-state index in [0.717, 1.165) is 6.54 Å². The lowest BCUT2D eigenvalue weighted by Crippen LogP contribution is -2.49. The Morgan fingerprint density at radius 1 is 1.71 bits per heavy atom. The number of ether oxygens (including phenoxy) is 2. The molecule has 0 amide bonds. The van der Waals surface area contributed by atoms with Gasteiger partial charge in [0.15, 0.2) is 0 Å². The van der Waals surface area contributed by atoms with Gasteiger partial charge in [-0.05, 0) is 6.54 Å². The van der Waals surface area contributed by atoms with Crippen molar-refractivity contribution in [1.82, 2.24) is 4.90 Å². The normalized spacial score (nSPS) is 23.0. The Hall–Kier alpha value is -1.10. The molecule has 1 unspecified atom stereocenters. The Bertz CT molecular complexity index is 229. The van der Waals surface area contributed by atoms with E-state index in [4.69, 9.17) is 4.74 Å². The maximum absolute atomic E-state index is 11.3. The molecule has 0 saturated carbocycles. The fourth-order valence-electron chi connectivity index (χ4n) is 1.50. The summed E-state index contributed by atoms with van der Waals surface area (Å²) < 4.78 is 9.40. The van der Waals surface area contributed by atoms with Gasteiger partial charge in [-0.3, -0.25) is 14.5 Å². The molecule has 0 aromatic rings. The number of rotatable bonds is 3. The number of likely N-dealkylation sites (N-methyl/N-ethyl adjacent to an activating group) is 1. The highest BCUT2D eigenvalue weighted by Gasteiger charge is 2.32. The van der Waals surface area contributed by atoms with Crippen LogP contribution in [0, 0.1) is 0 Å². The van der Waals surface area contributed by atoms with E-state index in [1.807, 2.05) is 11.8 Å². The summed E-state index contributed by atoms with van der Waals surface area (Å²) in [6.45, 7) is 3.77. The molecule has 0 aromatic carbocycles.